The van der Waals surface area contributed by atoms with Crippen molar-refractivity contribution in [3.8, 4) is 0 Å². The summed E-state index contributed by atoms with van der Waals surface area (Å²) in [7, 11) is 0. The van der Waals surface area contributed by atoms with Gasteiger partial charge in [-0.2, -0.15) is 0 Å². The first-order chi connectivity index (χ1) is 12.1. The maximum absolute atomic E-state index is 12.8. The van der Waals surface area contributed by atoms with E-state index < -0.39 is 0 Å². The maximum Gasteiger partial charge on any atom is 0.251 e. The van der Waals surface area contributed by atoms with Gasteiger partial charge in [0.1, 0.15) is 11.3 Å². The van der Waals surface area contributed by atoms with Gasteiger partial charge in [-0.3, -0.25) is 14.8 Å². The minimum atomic E-state index is -0.356. The molecule has 0 saturated heterocycles. The van der Waals surface area contributed by atoms with Crippen molar-refractivity contribution in [3.63, 3.8) is 0 Å². The van der Waals surface area contributed by atoms with Crippen LogP contribution in [0.4, 0.5) is 10.1 Å². The number of pyridine rings is 2. The van der Waals surface area contributed by atoms with Crippen molar-refractivity contribution in [3.05, 3.63) is 64.6 Å². The fourth-order valence-electron chi connectivity index (χ4n) is 2.36. The first-order valence-corrected chi connectivity index (χ1v) is 8.61. The highest BCUT2D eigenvalue weighted by Gasteiger charge is 2.05. The van der Waals surface area contributed by atoms with Crippen LogP contribution in [-0.4, -0.2) is 29.0 Å². The van der Waals surface area contributed by atoms with E-state index in [1.54, 1.807) is 12.4 Å². The second kappa shape index (κ2) is 8.02. The Morgan fingerprint density at radius 2 is 1.92 bits per heavy atom. The molecule has 0 unspecified atom stereocenters. The molecule has 0 spiro atoms. The van der Waals surface area contributed by atoms with Crippen molar-refractivity contribution in [2.75, 3.05) is 18.4 Å². The van der Waals surface area contributed by atoms with Crippen LogP contribution >= 0.6 is 15.9 Å². The third-order valence-corrected chi connectivity index (χ3v) is 4.04. The van der Waals surface area contributed by atoms with Crippen molar-refractivity contribution in [1.82, 2.24) is 15.3 Å². The average molecular weight is 403 g/mol. The van der Waals surface area contributed by atoms with Gasteiger partial charge < -0.3 is 10.6 Å². The first kappa shape index (κ1) is 17.3. The summed E-state index contributed by atoms with van der Waals surface area (Å²) in [5, 5.41) is 6.12. The van der Waals surface area contributed by atoms with Crippen LogP contribution in [0, 0.1) is 5.82 Å². The van der Waals surface area contributed by atoms with Gasteiger partial charge in [0.05, 0.1) is 11.2 Å². The smallest absolute Gasteiger partial charge is 0.251 e. The molecule has 2 heterocycles. The van der Waals surface area contributed by atoms with Gasteiger partial charge in [-0.15, -0.1) is 0 Å². The lowest BCUT2D eigenvalue weighted by Gasteiger charge is -2.09. The summed E-state index contributed by atoms with van der Waals surface area (Å²) in [6.45, 7) is 1.20. The fourth-order valence-corrected chi connectivity index (χ4v) is 2.68. The molecule has 3 aromatic rings. The van der Waals surface area contributed by atoms with E-state index in [-0.39, 0.29) is 11.7 Å². The third-order valence-electron chi connectivity index (χ3n) is 3.61. The number of fused-ring (bicyclic) bond motifs is 1. The largest absolute Gasteiger partial charge is 0.383 e. The molecular weight excluding hydrogens is 387 g/mol. The van der Waals surface area contributed by atoms with Gasteiger partial charge in [-0.1, -0.05) is 0 Å². The fraction of sp³-hybridized carbons (Fsp3) is 0.167. The zero-order valence-electron chi connectivity index (χ0n) is 13.3. The molecule has 1 aromatic carbocycles. The predicted molar refractivity (Wildman–Crippen MR) is 99.1 cm³/mol. The summed E-state index contributed by atoms with van der Waals surface area (Å²) >= 11 is 3.38. The molecular formula is C18H16BrFN4O. The Kier molecular flexibility index (Phi) is 5.55. The second-order valence-corrected chi connectivity index (χ2v) is 6.34. The van der Waals surface area contributed by atoms with Gasteiger partial charge >= 0.3 is 0 Å². The minimum absolute atomic E-state index is 0.208. The van der Waals surface area contributed by atoms with Crippen LogP contribution in [-0.2, 0) is 0 Å². The Labute approximate surface area is 152 Å². The Morgan fingerprint density at radius 1 is 1.12 bits per heavy atom. The molecule has 2 aromatic heterocycles. The molecule has 2 N–H and O–H groups in total. The van der Waals surface area contributed by atoms with E-state index in [1.165, 1.54) is 24.3 Å². The van der Waals surface area contributed by atoms with E-state index in [0.29, 0.717) is 18.7 Å². The molecule has 7 heteroatoms. The highest BCUT2D eigenvalue weighted by atomic mass is 79.9. The Balaban J connectivity index is 1.49. The second-order valence-electron chi connectivity index (χ2n) is 5.42. The molecule has 0 saturated carbocycles. The molecule has 0 radical (unpaired) electrons. The van der Waals surface area contributed by atoms with Gasteiger partial charge in [0, 0.05) is 35.5 Å². The lowest BCUT2D eigenvalue weighted by molar-refractivity contribution is 0.0953. The maximum atomic E-state index is 12.8. The van der Waals surface area contributed by atoms with Crippen molar-refractivity contribution in [1.29, 1.82) is 0 Å². The number of hydrogen-bond donors (Lipinski definition) is 2. The van der Waals surface area contributed by atoms with Gasteiger partial charge in [0.25, 0.3) is 5.91 Å². The summed E-state index contributed by atoms with van der Waals surface area (Å²) < 4.78 is 13.7. The van der Waals surface area contributed by atoms with E-state index in [2.05, 4.69) is 36.5 Å². The normalized spacial score (nSPS) is 10.6. The van der Waals surface area contributed by atoms with Crippen LogP contribution in [0.3, 0.4) is 0 Å². The molecule has 25 heavy (non-hydrogen) atoms. The number of nitrogens with zero attached hydrogens (tertiary/aromatic N) is 2. The van der Waals surface area contributed by atoms with Crippen LogP contribution in [0.2, 0.25) is 0 Å². The minimum Gasteiger partial charge on any atom is -0.383 e. The number of anilines is 1. The predicted octanol–water partition coefficient (Wildman–Crippen LogP) is 3.76. The van der Waals surface area contributed by atoms with Gasteiger partial charge in [-0.25, -0.2) is 4.39 Å². The zero-order chi connectivity index (χ0) is 17.6. The number of halogens is 2. The monoisotopic (exact) mass is 402 g/mol. The summed E-state index contributed by atoms with van der Waals surface area (Å²) in [5.74, 6) is -0.563. The molecule has 128 valence electrons. The summed E-state index contributed by atoms with van der Waals surface area (Å²) in [6.07, 6.45) is 4.21. The van der Waals surface area contributed by atoms with Crippen molar-refractivity contribution in [2.24, 2.45) is 0 Å². The SMILES string of the molecule is O=C(NCCCNc1ccnc2cc(Br)cnc12)c1ccc(F)cc1. The molecule has 0 aliphatic carbocycles. The highest BCUT2D eigenvalue weighted by molar-refractivity contribution is 9.10. The Morgan fingerprint density at radius 3 is 2.72 bits per heavy atom. The zero-order valence-corrected chi connectivity index (χ0v) is 14.9. The highest BCUT2D eigenvalue weighted by Crippen LogP contribution is 2.21. The van der Waals surface area contributed by atoms with E-state index in [1.807, 2.05) is 12.1 Å². The molecule has 1 amide bonds. The molecule has 0 aliphatic rings. The topological polar surface area (TPSA) is 66.9 Å². The quantitative estimate of drug-likeness (QED) is 0.615. The lowest BCUT2D eigenvalue weighted by atomic mass is 10.2. The number of benzene rings is 1. The van der Waals surface area contributed by atoms with Crippen LogP contribution < -0.4 is 10.6 Å². The number of hydrogen-bond acceptors (Lipinski definition) is 4. The summed E-state index contributed by atoms with van der Waals surface area (Å²) in [5.41, 5.74) is 2.97. The number of rotatable bonds is 6. The molecule has 0 atom stereocenters. The standard InChI is InChI=1S/C18H16BrFN4O/c19-13-10-16-17(24-11-13)15(6-9-22-16)21-7-1-8-23-18(25)12-2-4-14(20)5-3-12/h2-6,9-11H,1,7-8H2,(H,21,22)(H,23,25). The molecule has 0 bridgehead atoms. The van der Waals surface area contributed by atoms with Crippen LogP contribution in [0.25, 0.3) is 11.0 Å². The third kappa shape index (κ3) is 4.51. The first-order valence-electron chi connectivity index (χ1n) is 7.81. The lowest BCUT2D eigenvalue weighted by Crippen LogP contribution is -2.25. The number of amides is 1. The van der Waals surface area contributed by atoms with E-state index in [4.69, 9.17) is 0 Å². The number of nitrogens with one attached hydrogen (secondary N) is 2. The Bertz CT molecular complexity index is 886. The summed E-state index contributed by atoms with van der Waals surface area (Å²) in [6, 6.07) is 9.27. The van der Waals surface area contributed by atoms with Crippen molar-refractivity contribution >= 4 is 38.6 Å². The summed E-state index contributed by atoms with van der Waals surface area (Å²) in [4.78, 5) is 20.6. The van der Waals surface area contributed by atoms with Gasteiger partial charge in [0.15, 0.2) is 0 Å². The van der Waals surface area contributed by atoms with Gasteiger partial charge in [-0.05, 0) is 58.7 Å². The average Bonchev–Trinajstić information content (AvgIpc) is 2.61. The molecule has 0 aliphatic heterocycles. The molecule has 5 nitrogen and oxygen atoms in total. The molecule has 0 fully saturated rings. The van der Waals surface area contributed by atoms with Crippen molar-refractivity contribution in [2.45, 2.75) is 6.42 Å². The van der Waals surface area contributed by atoms with Crippen molar-refractivity contribution < 1.29 is 9.18 Å². The van der Waals surface area contributed by atoms with E-state index >= 15 is 0 Å². The van der Waals surface area contributed by atoms with E-state index in [0.717, 1.165) is 27.6 Å². The number of carbonyl (C=O) groups is 1. The van der Waals surface area contributed by atoms with E-state index in [9.17, 15) is 9.18 Å². The van der Waals surface area contributed by atoms with Gasteiger partial charge in [0.2, 0.25) is 0 Å². The number of aromatic nitrogens is 2. The van der Waals surface area contributed by atoms with Crippen LogP contribution in [0.1, 0.15) is 16.8 Å². The van der Waals surface area contributed by atoms with Crippen LogP contribution in [0.5, 0.6) is 0 Å². The molecule has 3 rings (SSSR count). The van der Waals surface area contributed by atoms with Crippen LogP contribution in [0.15, 0.2) is 53.3 Å². The number of carbonyl (C=O) groups excluding carboxylic acids is 1. The Hall–Kier alpha value is -2.54.